The molecule has 3 N–H and O–H groups in total. The molecular weight excluding hydrogens is 358 g/mol. The van der Waals surface area contributed by atoms with Gasteiger partial charge in [0, 0.05) is 38.6 Å². The summed E-state index contributed by atoms with van der Waals surface area (Å²) in [5.74, 6) is 1.13. The van der Waals surface area contributed by atoms with Crippen LogP contribution in [0.1, 0.15) is 24.4 Å². The number of rotatable bonds is 3. The molecule has 2 amide bonds. The number of urea groups is 1. The van der Waals surface area contributed by atoms with Crippen LogP contribution in [0.3, 0.4) is 0 Å². The number of aromatic amines is 2. The highest BCUT2D eigenvalue weighted by Crippen LogP contribution is 2.18. The van der Waals surface area contributed by atoms with E-state index in [1.54, 1.807) is 11.1 Å². The Morgan fingerprint density at radius 2 is 2.04 bits per heavy atom. The first-order chi connectivity index (χ1) is 13.5. The van der Waals surface area contributed by atoms with Crippen LogP contribution >= 0.6 is 0 Å². The molecule has 4 rings (SSSR count). The first-order valence-corrected chi connectivity index (χ1v) is 9.31. The molecule has 28 heavy (non-hydrogen) atoms. The summed E-state index contributed by atoms with van der Waals surface area (Å²) in [5.41, 5.74) is 2.79. The van der Waals surface area contributed by atoms with Crippen LogP contribution in [-0.4, -0.2) is 57.0 Å². The van der Waals surface area contributed by atoms with Gasteiger partial charge in [-0.25, -0.2) is 14.8 Å². The SMILES string of the molecule is Cc1ccc2nc(C(C)NC(=O)N3CCN(c4ncc[nH]c4=O)CC3)[nH]c2c1. The number of anilines is 1. The number of H-pyrrole nitrogens is 2. The number of nitrogens with zero attached hydrogens (tertiary/aromatic N) is 4. The number of aromatic nitrogens is 4. The maximum atomic E-state index is 12.6. The van der Waals surface area contributed by atoms with Crippen LogP contribution in [-0.2, 0) is 0 Å². The van der Waals surface area contributed by atoms with Crippen molar-refractivity contribution in [1.29, 1.82) is 0 Å². The fraction of sp³-hybridized carbons (Fsp3) is 0.368. The monoisotopic (exact) mass is 381 g/mol. The second kappa shape index (κ2) is 7.34. The molecule has 9 nitrogen and oxygen atoms in total. The molecule has 2 aromatic heterocycles. The zero-order chi connectivity index (χ0) is 19.7. The van der Waals surface area contributed by atoms with E-state index in [-0.39, 0.29) is 17.6 Å². The summed E-state index contributed by atoms with van der Waals surface area (Å²) in [5, 5.41) is 3.00. The van der Waals surface area contributed by atoms with E-state index in [1.807, 2.05) is 36.9 Å². The van der Waals surface area contributed by atoms with Crippen molar-refractivity contribution >= 4 is 22.9 Å². The summed E-state index contributed by atoms with van der Waals surface area (Å²) in [6.45, 7) is 6.11. The van der Waals surface area contributed by atoms with E-state index < -0.39 is 0 Å². The lowest BCUT2D eigenvalue weighted by molar-refractivity contribution is 0.190. The third-order valence-electron chi connectivity index (χ3n) is 4.96. The minimum atomic E-state index is -0.239. The molecule has 1 fully saturated rings. The summed E-state index contributed by atoms with van der Waals surface area (Å²) in [6, 6.07) is 5.65. The number of carbonyl (C=O) groups is 1. The number of imidazole rings is 1. The summed E-state index contributed by atoms with van der Waals surface area (Å²) < 4.78 is 0. The maximum Gasteiger partial charge on any atom is 0.318 e. The number of fused-ring (bicyclic) bond motifs is 1. The summed E-state index contributed by atoms with van der Waals surface area (Å²) in [7, 11) is 0. The molecule has 0 saturated carbocycles. The van der Waals surface area contributed by atoms with Crippen LogP contribution in [0.5, 0.6) is 0 Å². The van der Waals surface area contributed by atoms with Crippen LogP contribution in [0.4, 0.5) is 10.6 Å². The van der Waals surface area contributed by atoms with Gasteiger partial charge in [0.15, 0.2) is 5.82 Å². The van der Waals surface area contributed by atoms with E-state index in [2.05, 4.69) is 25.3 Å². The molecule has 9 heteroatoms. The molecule has 0 spiro atoms. The summed E-state index contributed by atoms with van der Waals surface area (Å²) in [4.78, 5) is 42.8. The van der Waals surface area contributed by atoms with Gasteiger partial charge in [-0.05, 0) is 31.5 Å². The highest BCUT2D eigenvalue weighted by molar-refractivity contribution is 5.77. The van der Waals surface area contributed by atoms with Crippen molar-refractivity contribution in [3.8, 4) is 0 Å². The minimum absolute atomic E-state index is 0.140. The molecule has 0 aliphatic carbocycles. The van der Waals surface area contributed by atoms with Gasteiger partial charge >= 0.3 is 6.03 Å². The Labute approximate surface area is 161 Å². The van der Waals surface area contributed by atoms with Gasteiger partial charge in [-0.1, -0.05) is 6.07 Å². The van der Waals surface area contributed by atoms with Crippen molar-refractivity contribution in [2.75, 3.05) is 31.1 Å². The fourth-order valence-electron chi connectivity index (χ4n) is 3.38. The van der Waals surface area contributed by atoms with Gasteiger partial charge < -0.3 is 25.1 Å². The van der Waals surface area contributed by atoms with Gasteiger partial charge in [0.25, 0.3) is 5.56 Å². The average molecular weight is 381 g/mol. The van der Waals surface area contributed by atoms with Gasteiger partial charge in [-0.2, -0.15) is 0 Å². The van der Waals surface area contributed by atoms with Crippen molar-refractivity contribution in [3.63, 3.8) is 0 Å². The largest absolute Gasteiger partial charge is 0.348 e. The fourth-order valence-corrected chi connectivity index (χ4v) is 3.38. The molecule has 1 atom stereocenters. The van der Waals surface area contributed by atoms with E-state index in [1.165, 1.54) is 6.20 Å². The van der Waals surface area contributed by atoms with E-state index in [4.69, 9.17) is 0 Å². The molecular formula is C19H23N7O2. The topological polar surface area (TPSA) is 110 Å². The molecule has 3 heterocycles. The van der Waals surface area contributed by atoms with Crippen LogP contribution < -0.4 is 15.8 Å². The Kier molecular flexibility index (Phi) is 4.72. The average Bonchev–Trinajstić information content (AvgIpc) is 3.12. The Hall–Kier alpha value is -3.36. The molecule has 1 aliphatic rings. The van der Waals surface area contributed by atoms with Crippen molar-refractivity contribution in [2.24, 2.45) is 0 Å². The van der Waals surface area contributed by atoms with Gasteiger partial charge in [0.1, 0.15) is 5.82 Å². The molecule has 1 unspecified atom stereocenters. The second-order valence-corrected chi connectivity index (χ2v) is 7.03. The van der Waals surface area contributed by atoms with E-state index in [0.717, 1.165) is 22.4 Å². The summed E-state index contributed by atoms with van der Waals surface area (Å²) in [6.07, 6.45) is 3.07. The zero-order valence-corrected chi connectivity index (χ0v) is 15.9. The maximum absolute atomic E-state index is 12.6. The predicted molar refractivity (Wildman–Crippen MR) is 106 cm³/mol. The third kappa shape index (κ3) is 3.55. The van der Waals surface area contributed by atoms with E-state index in [0.29, 0.717) is 32.0 Å². The highest BCUT2D eigenvalue weighted by atomic mass is 16.2. The number of piperazine rings is 1. The Morgan fingerprint density at radius 1 is 1.25 bits per heavy atom. The Morgan fingerprint density at radius 3 is 2.79 bits per heavy atom. The quantitative estimate of drug-likeness (QED) is 0.638. The number of amides is 2. The normalized spacial score (nSPS) is 15.6. The first-order valence-electron chi connectivity index (χ1n) is 9.31. The van der Waals surface area contributed by atoms with Gasteiger partial charge in [-0.15, -0.1) is 0 Å². The lowest BCUT2D eigenvalue weighted by Crippen LogP contribution is -2.53. The smallest absolute Gasteiger partial charge is 0.318 e. The number of nitrogens with one attached hydrogen (secondary N) is 3. The number of carbonyl (C=O) groups excluding carboxylic acids is 1. The predicted octanol–water partition coefficient (Wildman–Crippen LogP) is 1.55. The number of hydrogen-bond acceptors (Lipinski definition) is 5. The van der Waals surface area contributed by atoms with Crippen molar-refractivity contribution < 1.29 is 4.79 Å². The van der Waals surface area contributed by atoms with Crippen LogP contribution in [0.25, 0.3) is 11.0 Å². The molecule has 0 bridgehead atoms. The highest BCUT2D eigenvalue weighted by Gasteiger charge is 2.24. The standard InChI is InChI=1S/C19H23N7O2/c1-12-3-4-14-15(11-12)24-16(23-14)13(2)22-19(28)26-9-7-25(8-10-26)17-18(27)21-6-5-20-17/h3-6,11,13H,7-10H2,1-2H3,(H,21,27)(H,22,28)(H,23,24). The van der Waals surface area contributed by atoms with Gasteiger partial charge in [0.2, 0.25) is 0 Å². The van der Waals surface area contributed by atoms with Crippen molar-refractivity contribution in [1.82, 2.24) is 30.2 Å². The van der Waals surface area contributed by atoms with Gasteiger partial charge in [-0.3, -0.25) is 4.79 Å². The molecule has 1 aliphatic heterocycles. The molecule has 3 aromatic rings. The van der Waals surface area contributed by atoms with Crippen LogP contribution in [0.2, 0.25) is 0 Å². The molecule has 1 saturated heterocycles. The van der Waals surface area contributed by atoms with E-state index >= 15 is 0 Å². The first kappa shape index (κ1) is 18.0. The summed E-state index contributed by atoms with van der Waals surface area (Å²) >= 11 is 0. The van der Waals surface area contributed by atoms with E-state index in [9.17, 15) is 9.59 Å². The number of hydrogen-bond donors (Lipinski definition) is 3. The third-order valence-corrected chi connectivity index (χ3v) is 4.96. The minimum Gasteiger partial charge on any atom is -0.348 e. The van der Waals surface area contributed by atoms with Crippen molar-refractivity contribution in [3.05, 3.63) is 52.3 Å². The lowest BCUT2D eigenvalue weighted by Gasteiger charge is -2.35. The Bertz CT molecular complexity index is 1050. The molecule has 146 valence electrons. The van der Waals surface area contributed by atoms with Crippen LogP contribution in [0.15, 0.2) is 35.4 Å². The number of benzene rings is 1. The lowest BCUT2D eigenvalue weighted by atomic mass is 10.2. The van der Waals surface area contributed by atoms with Gasteiger partial charge in [0.05, 0.1) is 17.1 Å². The zero-order valence-electron chi connectivity index (χ0n) is 15.9. The molecule has 1 aromatic carbocycles. The number of aryl methyl sites for hydroxylation is 1. The Balaban J connectivity index is 1.37. The van der Waals surface area contributed by atoms with Crippen molar-refractivity contribution in [2.45, 2.75) is 19.9 Å². The molecule has 0 radical (unpaired) electrons. The van der Waals surface area contributed by atoms with Crippen LogP contribution in [0, 0.1) is 6.92 Å². The second-order valence-electron chi connectivity index (χ2n) is 7.03.